The molecule has 8 heteroatoms. The van der Waals surface area contributed by atoms with Crippen molar-refractivity contribution in [2.45, 2.75) is 0 Å². The molecular weight excluding hydrogens is 423 g/mol. The maximum absolute atomic E-state index is 11.9. The molecule has 7 nitrogen and oxygen atoms in total. The number of benzene rings is 3. The number of amides is 2. The van der Waals surface area contributed by atoms with Crippen molar-refractivity contribution in [3.05, 3.63) is 109 Å². The van der Waals surface area contributed by atoms with Gasteiger partial charge in [0.2, 0.25) is 0 Å². The zero-order valence-corrected chi connectivity index (χ0v) is 17.8. The van der Waals surface area contributed by atoms with Crippen molar-refractivity contribution in [1.82, 2.24) is 15.5 Å². The molecule has 0 bridgehead atoms. The molecule has 1 heterocycles. The fourth-order valence-electron chi connectivity index (χ4n) is 3.37. The summed E-state index contributed by atoms with van der Waals surface area (Å²) in [5.41, 5.74) is -0.102. The third-order valence-electron chi connectivity index (χ3n) is 4.75. The van der Waals surface area contributed by atoms with Crippen LogP contribution in [-0.2, 0) is 0 Å². The smallest absolute Gasteiger partial charge is 0.411 e. The maximum atomic E-state index is 11.9. The summed E-state index contributed by atoms with van der Waals surface area (Å²) in [4.78, 5) is 22.6. The van der Waals surface area contributed by atoms with E-state index in [1.807, 2.05) is 54.6 Å². The maximum Gasteiger partial charge on any atom is 0.411 e. The fourth-order valence-corrected chi connectivity index (χ4v) is 6.83. The summed E-state index contributed by atoms with van der Waals surface area (Å²) >= 11 is 0. The number of carbonyl (C=O) groups is 2. The zero-order chi connectivity index (χ0) is 22.4. The van der Waals surface area contributed by atoms with Crippen molar-refractivity contribution >= 4 is 40.8 Å². The normalized spacial score (nSPS) is 10.9. The number of carbonyl (C=O) groups excluding carboxylic acids is 1. The number of carboxylic acid groups (broad SMARTS) is 1. The van der Waals surface area contributed by atoms with Crippen LogP contribution in [0.15, 0.2) is 108 Å². The van der Waals surface area contributed by atoms with Crippen molar-refractivity contribution in [2.75, 3.05) is 0 Å². The molecule has 4 rings (SSSR count). The van der Waals surface area contributed by atoms with Crippen molar-refractivity contribution in [1.29, 1.82) is 0 Å². The number of aromatic nitrogens is 2. The molecule has 0 fully saturated rings. The topological polar surface area (TPSA) is 105 Å². The van der Waals surface area contributed by atoms with Crippen LogP contribution in [0.3, 0.4) is 0 Å². The molecule has 0 saturated heterocycles. The van der Waals surface area contributed by atoms with Crippen LogP contribution in [0.1, 0.15) is 10.5 Å². The van der Waals surface area contributed by atoms with Crippen LogP contribution in [0.25, 0.3) is 0 Å². The van der Waals surface area contributed by atoms with E-state index >= 15 is 0 Å². The van der Waals surface area contributed by atoms with E-state index in [1.54, 1.807) is 11.4 Å². The molecule has 2 N–H and O–H groups in total. The van der Waals surface area contributed by atoms with E-state index in [-0.39, 0.29) is 5.69 Å². The summed E-state index contributed by atoms with van der Waals surface area (Å²) in [5, 5.41) is 21.7. The lowest BCUT2D eigenvalue weighted by atomic mass is 10.3. The fraction of sp³-hybridized carbons (Fsp3) is 0. The van der Waals surface area contributed by atoms with Crippen molar-refractivity contribution in [3.8, 4) is 0 Å². The highest BCUT2D eigenvalue weighted by Crippen LogP contribution is 2.48. The first-order valence-corrected chi connectivity index (χ1v) is 11.5. The van der Waals surface area contributed by atoms with E-state index < -0.39 is 19.1 Å². The van der Waals surface area contributed by atoms with Crippen LogP contribution in [-0.4, -0.2) is 27.3 Å². The highest BCUT2D eigenvalue weighted by molar-refractivity contribution is 7.87. The minimum absolute atomic E-state index is 0.102. The lowest BCUT2D eigenvalue weighted by molar-refractivity contribution is 0.0942. The first-order valence-electron chi connectivity index (χ1n) is 9.77. The van der Waals surface area contributed by atoms with E-state index in [4.69, 9.17) is 9.85 Å². The molecule has 0 atom stereocenters. The van der Waals surface area contributed by atoms with Gasteiger partial charge in [0.1, 0.15) is 0 Å². The Morgan fingerprint density at radius 1 is 0.688 bits per heavy atom. The van der Waals surface area contributed by atoms with Crippen LogP contribution in [0.4, 0.5) is 10.6 Å². The van der Waals surface area contributed by atoms with Gasteiger partial charge in [0.25, 0.3) is 5.91 Å². The Kier molecular flexibility index (Phi) is 6.19. The predicted octanol–water partition coefficient (Wildman–Crippen LogP) is 3.69. The van der Waals surface area contributed by atoms with E-state index in [2.05, 4.69) is 46.6 Å². The van der Waals surface area contributed by atoms with Gasteiger partial charge < -0.3 is 5.11 Å². The van der Waals surface area contributed by atoms with Crippen LogP contribution in [0.5, 0.6) is 0 Å². The molecule has 0 unspecified atom stereocenters. The first-order chi connectivity index (χ1) is 15.6. The summed E-state index contributed by atoms with van der Waals surface area (Å²) in [6.45, 7) is 0. The lowest BCUT2D eigenvalue weighted by Crippen LogP contribution is -2.29. The number of hydrogen-bond donors (Lipinski definition) is 2. The third kappa shape index (κ3) is 4.33. The van der Waals surface area contributed by atoms with Crippen molar-refractivity contribution in [2.24, 2.45) is 4.74 Å². The quantitative estimate of drug-likeness (QED) is 0.459. The Labute approximate surface area is 184 Å². The second-order valence-electron chi connectivity index (χ2n) is 6.78. The molecule has 3 aromatic carbocycles. The second-order valence-corrected chi connectivity index (χ2v) is 9.80. The van der Waals surface area contributed by atoms with Gasteiger partial charge in [-0.25, -0.2) is 9.54 Å². The van der Waals surface area contributed by atoms with E-state index in [1.165, 1.54) is 6.07 Å². The van der Waals surface area contributed by atoms with Crippen LogP contribution < -0.4 is 21.2 Å². The van der Waals surface area contributed by atoms with E-state index in [9.17, 15) is 9.59 Å². The Morgan fingerprint density at radius 2 is 1.16 bits per heavy atom. The number of imide groups is 1. The molecule has 0 aliphatic rings. The number of hydrogen-bond acceptors (Lipinski definition) is 5. The summed E-state index contributed by atoms with van der Waals surface area (Å²) in [6.07, 6.45) is -1.45. The molecule has 0 saturated carbocycles. The average molecular weight is 442 g/mol. The van der Waals surface area contributed by atoms with Crippen LogP contribution in [0, 0.1) is 0 Å². The Hall–Kier alpha value is -4.09. The molecule has 0 aliphatic carbocycles. The van der Waals surface area contributed by atoms with Gasteiger partial charge in [-0.1, -0.05) is 91.0 Å². The molecule has 0 aliphatic heterocycles. The molecule has 0 radical (unpaired) electrons. The molecule has 32 heavy (non-hydrogen) atoms. The summed E-state index contributed by atoms with van der Waals surface area (Å²) < 4.78 is 5.15. The Morgan fingerprint density at radius 3 is 1.53 bits per heavy atom. The monoisotopic (exact) mass is 442 g/mol. The number of nitrogens with one attached hydrogen (secondary N) is 1. The molecule has 4 aromatic rings. The first kappa shape index (κ1) is 21.2. The number of nitrogens with zero attached hydrogens (tertiary/aromatic N) is 3. The zero-order valence-electron chi connectivity index (χ0n) is 16.9. The largest absolute Gasteiger partial charge is 0.465 e. The SMILES string of the molecule is O=C(O)NC(=O)c1ccc(N=P(c2ccccc2)(c2ccccc2)c2ccccc2)nn1. The minimum atomic E-state index is -2.51. The van der Waals surface area contributed by atoms with Gasteiger partial charge >= 0.3 is 6.09 Å². The minimum Gasteiger partial charge on any atom is -0.465 e. The molecular formula is C24H19N4O3P. The van der Waals surface area contributed by atoms with Crippen LogP contribution in [0.2, 0.25) is 0 Å². The van der Waals surface area contributed by atoms with Crippen LogP contribution >= 0.6 is 7.05 Å². The molecule has 158 valence electrons. The summed E-state index contributed by atoms with van der Waals surface area (Å²) in [6, 6.07) is 33.1. The molecule has 0 spiro atoms. The molecule has 1 aromatic heterocycles. The highest BCUT2D eigenvalue weighted by Gasteiger charge is 2.27. The summed E-state index contributed by atoms with van der Waals surface area (Å²) in [7, 11) is -2.51. The van der Waals surface area contributed by atoms with Crippen molar-refractivity contribution in [3.63, 3.8) is 0 Å². The standard InChI is InChI=1S/C24H19N4O3P/c29-23(25-24(30)31)21-16-17-22(27-26-21)28-32(18-10-4-1-5-11-18,19-12-6-2-7-13-19)20-14-8-3-9-15-20/h1-17H,(H,25,29)(H,30,31). The van der Waals surface area contributed by atoms with Gasteiger partial charge in [-0.3, -0.25) is 10.1 Å². The number of rotatable bonds is 5. The molecule has 2 amide bonds. The van der Waals surface area contributed by atoms with Gasteiger partial charge in [-0.2, -0.15) is 0 Å². The van der Waals surface area contributed by atoms with Crippen molar-refractivity contribution < 1.29 is 14.7 Å². The average Bonchev–Trinajstić information content (AvgIpc) is 2.84. The second kappa shape index (κ2) is 9.37. The third-order valence-corrected chi connectivity index (χ3v) is 8.39. The van der Waals surface area contributed by atoms with Gasteiger partial charge in [0.05, 0.1) is 7.05 Å². The Bertz CT molecular complexity index is 1180. The van der Waals surface area contributed by atoms with Gasteiger partial charge in [0, 0.05) is 15.9 Å². The summed E-state index contributed by atoms with van der Waals surface area (Å²) in [5.74, 6) is -0.492. The lowest BCUT2D eigenvalue weighted by Gasteiger charge is -2.26. The van der Waals surface area contributed by atoms with E-state index in [0.29, 0.717) is 5.82 Å². The predicted molar refractivity (Wildman–Crippen MR) is 125 cm³/mol. The van der Waals surface area contributed by atoms with Gasteiger partial charge in [-0.15, -0.1) is 10.2 Å². The Balaban J connectivity index is 1.95. The van der Waals surface area contributed by atoms with E-state index in [0.717, 1.165) is 15.9 Å². The highest BCUT2D eigenvalue weighted by atomic mass is 31.2. The van der Waals surface area contributed by atoms with Gasteiger partial charge in [0.15, 0.2) is 11.5 Å². The van der Waals surface area contributed by atoms with Gasteiger partial charge in [-0.05, 0) is 12.1 Å².